The third kappa shape index (κ3) is 4.00. The molecule has 0 aromatic heterocycles. The summed E-state index contributed by atoms with van der Waals surface area (Å²) in [4.78, 5) is 0. The number of nitrogens with two attached hydrogens (primary N) is 1. The zero-order chi connectivity index (χ0) is 13.8. The van der Waals surface area contributed by atoms with Crippen LogP contribution >= 0.6 is 0 Å². The Kier molecular flexibility index (Phi) is 5.17. The Morgan fingerprint density at radius 2 is 1.78 bits per heavy atom. The van der Waals surface area contributed by atoms with Gasteiger partial charge in [-0.2, -0.15) is 0 Å². The van der Waals surface area contributed by atoms with Crippen molar-refractivity contribution >= 4 is 0 Å². The van der Waals surface area contributed by atoms with E-state index in [1.807, 2.05) is 45.0 Å². The number of hydrogen-bond donors (Lipinski definition) is 2. The van der Waals surface area contributed by atoms with Gasteiger partial charge in [-0.05, 0) is 29.5 Å². The average Bonchev–Trinajstić information content (AvgIpc) is 2.34. The highest BCUT2D eigenvalue weighted by Crippen LogP contribution is 2.23. The van der Waals surface area contributed by atoms with Crippen molar-refractivity contribution in [2.24, 2.45) is 11.1 Å². The van der Waals surface area contributed by atoms with Crippen molar-refractivity contribution in [3.63, 3.8) is 0 Å². The number of ether oxygens (including phenoxy) is 1. The summed E-state index contributed by atoms with van der Waals surface area (Å²) in [5.74, 6) is 0.756. The Bertz CT molecular complexity index is 354. The molecule has 0 fully saturated rings. The second kappa shape index (κ2) is 6.21. The van der Waals surface area contributed by atoms with Gasteiger partial charge in [0, 0.05) is 6.04 Å². The van der Waals surface area contributed by atoms with E-state index in [-0.39, 0.29) is 24.2 Å². The van der Waals surface area contributed by atoms with Crippen molar-refractivity contribution in [2.75, 3.05) is 6.61 Å². The smallest absolute Gasteiger partial charge is 0.137 e. The maximum absolute atomic E-state index is 9.42. The standard InChI is InChI=1S/C15H25NO2/c1-5-11-6-8-12(9-7-11)18-13(10-17)14(16)15(2,3)4/h6-9,13-14,17H,5,10,16H2,1-4H3. The lowest BCUT2D eigenvalue weighted by molar-refractivity contribution is 0.0592. The predicted molar refractivity (Wildman–Crippen MR) is 74.8 cm³/mol. The summed E-state index contributed by atoms with van der Waals surface area (Å²) in [5, 5.41) is 9.42. The van der Waals surface area contributed by atoms with Crippen molar-refractivity contribution < 1.29 is 9.84 Å². The molecule has 3 heteroatoms. The van der Waals surface area contributed by atoms with Gasteiger partial charge in [-0.15, -0.1) is 0 Å². The fourth-order valence-corrected chi connectivity index (χ4v) is 1.76. The highest BCUT2D eigenvalue weighted by Gasteiger charge is 2.30. The fraction of sp³-hybridized carbons (Fsp3) is 0.600. The molecule has 0 aliphatic heterocycles. The Morgan fingerprint density at radius 1 is 1.22 bits per heavy atom. The monoisotopic (exact) mass is 251 g/mol. The second-order valence-corrected chi connectivity index (χ2v) is 5.73. The zero-order valence-electron chi connectivity index (χ0n) is 11.8. The van der Waals surface area contributed by atoms with Crippen LogP contribution in [-0.2, 0) is 6.42 Å². The molecule has 3 N–H and O–H groups in total. The van der Waals surface area contributed by atoms with Crippen LogP contribution in [0.2, 0.25) is 0 Å². The van der Waals surface area contributed by atoms with E-state index in [2.05, 4.69) is 6.92 Å². The van der Waals surface area contributed by atoms with E-state index < -0.39 is 0 Å². The van der Waals surface area contributed by atoms with Crippen LogP contribution in [0, 0.1) is 5.41 Å². The summed E-state index contributed by atoms with van der Waals surface area (Å²) in [6.45, 7) is 8.17. The van der Waals surface area contributed by atoms with Crippen LogP contribution in [0.3, 0.4) is 0 Å². The van der Waals surface area contributed by atoms with Gasteiger partial charge in [0.1, 0.15) is 11.9 Å². The molecular formula is C15H25NO2. The van der Waals surface area contributed by atoms with Crippen LogP contribution in [0.25, 0.3) is 0 Å². The Balaban J connectivity index is 2.73. The number of aliphatic hydroxyl groups is 1. The normalized spacial score (nSPS) is 15.2. The van der Waals surface area contributed by atoms with Crippen LogP contribution in [-0.4, -0.2) is 23.9 Å². The third-order valence-electron chi connectivity index (χ3n) is 3.20. The van der Waals surface area contributed by atoms with Gasteiger partial charge in [-0.25, -0.2) is 0 Å². The van der Waals surface area contributed by atoms with E-state index in [4.69, 9.17) is 10.5 Å². The van der Waals surface area contributed by atoms with Crippen LogP contribution in [0.4, 0.5) is 0 Å². The van der Waals surface area contributed by atoms with Crippen molar-refractivity contribution in [3.8, 4) is 5.75 Å². The molecule has 0 aliphatic carbocycles. The Morgan fingerprint density at radius 3 is 2.17 bits per heavy atom. The lowest BCUT2D eigenvalue weighted by Crippen LogP contribution is -2.49. The molecule has 2 atom stereocenters. The molecule has 18 heavy (non-hydrogen) atoms. The van der Waals surface area contributed by atoms with Crippen molar-refractivity contribution in [2.45, 2.75) is 46.3 Å². The third-order valence-corrected chi connectivity index (χ3v) is 3.20. The molecule has 1 rings (SSSR count). The van der Waals surface area contributed by atoms with E-state index in [0.29, 0.717) is 0 Å². The molecule has 0 heterocycles. The van der Waals surface area contributed by atoms with Crippen molar-refractivity contribution in [3.05, 3.63) is 29.8 Å². The molecule has 1 aromatic rings. The Hall–Kier alpha value is -1.06. The summed E-state index contributed by atoms with van der Waals surface area (Å²) >= 11 is 0. The highest BCUT2D eigenvalue weighted by molar-refractivity contribution is 5.27. The number of rotatable bonds is 5. The van der Waals surface area contributed by atoms with E-state index in [1.54, 1.807) is 0 Å². The number of aryl methyl sites for hydroxylation is 1. The first-order chi connectivity index (χ1) is 8.38. The topological polar surface area (TPSA) is 55.5 Å². The molecule has 102 valence electrons. The molecule has 1 aromatic carbocycles. The summed E-state index contributed by atoms with van der Waals surface area (Å²) in [6, 6.07) is 7.71. The van der Waals surface area contributed by atoms with Crippen LogP contribution in [0.5, 0.6) is 5.75 Å². The maximum Gasteiger partial charge on any atom is 0.137 e. The number of hydrogen-bond acceptors (Lipinski definition) is 3. The molecule has 0 saturated heterocycles. The predicted octanol–water partition coefficient (Wildman–Crippen LogP) is 2.36. The first-order valence-corrected chi connectivity index (χ1v) is 6.50. The van der Waals surface area contributed by atoms with Crippen LogP contribution < -0.4 is 10.5 Å². The van der Waals surface area contributed by atoms with Gasteiger partial charge in [0.2, 0.25) is 0 Å². The van der Waals surface area contributed by atoms with Gasteiger partial charge < -0.3 is 15.6 Å². The molecule has 0 saturated carbocycles. The van der Waals surface area contributed by atoms with Gasteiger partial charge in [-0.1, -0.05) is 39.8 Å². The van der Waals surface area contributed by atoms with Gasteiger partial charge in [0.05, 0.1) is 6.61 Å². The second-order valence-electron chi connectivity index (χ2n) is 5.73. The SMILES string of the molecule is CCc1ccc(OC(CO)C(N)C(C)(C)C)cc1. The molecule has 0 bridgehead atoms. The summed E-state index contributed by atoms with van der Waals surface area (Å²) in [5.41, 5.74) is 7.29. The first kappa shape index (κ1) is 15.0. The van der Waals surface area contributed by atoms with Gasteiger partial charge in [-0.3, -0.25) is 0 Å². The minimum Gasteiger partial charge on any atom is -0.486 e. The Labute approximate surface area is 110 Å². The summed E-state index contributed by atoms with van der Waals surface area (Å²) in [7, 11) is 0. The lowest BCUT2D eigenvalue weighted by Gasteiger charge is -2.33. The maximum atomic E-state index is 9.42. The fourth-order valence-electron chi connectivity index (χ4n) is 1.76. The minimum absolute atomic E-state index is 0.0754. The van der Waals surface area contributed by atoms with Crippen LogP contribution in [0.1, 0.15) is 33.3 Å². The van der Waals surface area contributed by atoms with E-state index in [0.717, 1.165) is 12.2 Å². The first-order valence-electron chi connectivity index (χ1n) is 6.50. The minimum atomic E-state index is -0.377. The molecule has 3 nitrogen and oxygen atoms in total. The summed E-state index contributed by atoms with van der Waals surface area (Å²) < 4.78 is 5.78. The zero-order valence-corrected chi connectivity index (χ0v) is 11.8. The van der Waals surface area contributed by atoms with Crippen LogP contribution in [0.15, 0.2) is 24.3 Å². The van der Waals surface area contributed by atoms with Gasteiger partial charge in [0.25, 0.3) is 0 Å². The van der Waals surface area contributed by atoms with E-state index >= 15 is 0 Å². The quantitative estimate of drug-likeness (QED) is 0.844. The number of benzene rings is 1. The van der Waals surface area contributed by atoms with Gasteiger partial charge in [0.15, 0.2) is 0 Å². The van der Waals surface area contributed by atoms with E-state index in [1.165, 1.54) is 5.56 Å². The largest absolute Gasteiger partial charge is 0.486 e. The summed E-state index contributed by atoms with van der Waals surface area (Å²) in [6.07, 6.45) is 0.628. The molecule has 2 unspecified atom stereocenters. The lowest BCUT2D eigenvalue weighted by atomic mass is 9.84. The van der Waals surface area contributed by atoms with Gasteiger partial charge >= 0.3 is 0 Å². The molecule has 0 spiro atoms. The molecule has 0 aliphatic rings. The molecular weight excluding hydrogens is 226 g/mol. The molecule has 0 amide bonds. The average molecular weight is 251 g/mol. The van der Waals surface area contributed by atoms with Crippen molar-refractivity contribution in [1.29, 1.82) is 0 Å². The van der Waals surface area contributed by atoms with Crippen molar-refractivity contribution in [1.82, 2.24) is 0 Å². The number of aliphatic hydroxyl groups excluding tert-OH is 1. The van der Waals surface area contributed by atoms with E-state index in [9.17, 15) is 5.11 Å². The molecule has 0 radical (unpaired) electrons. The highest BCUT2D eigenvalue weighted by atomic mass is 16.5.